The predicted octanol–water partition coefficient (Wildman–Crippen LogP) is 3.66. The van der Waals surface area contributed by atoms with Gasteiger partial charge in [0.15, 0.2) is 0 Å². The van der Waals surface area contributed by atoms with Gasteiger partial charge in [0.05, 0.1) is 11.0 Å². The second-order valence-corrected chi connectivity index (χ2v) is 5.44. The topological polar surface area (TPSA) is 35.5 Å². The molecule has 1 heterocycles. The first kappa shape index (κ1) is 14.5. The van der Waals surface area contributed by atoms with Crippen LogP contribution < -0.4 is 0 Å². The molecule has 0 N–H and O–H groups in total. The van der Waals surface area contributed by atoms with Crippen LogP contribution >= 0.6 is 0 Å². The zero-order valence-corrected chi connectivity index (χ0v) is 12.1. The summed E-state index contributed by atoms with van der Waals surface area (Å²) in [4.78, 5) is 12.3. The fraction of sp³-hybridized carbons (Fsp3) is 0.929. The third-order valence-corrected chi connectivity index (χ3v) is 4.53. The van der Waals surface area contributed by atoms with E-state index in [1.165, 1.54) is 0 Å². The molecular formula is C14H26O3. The Morgan fingerprint density at radius 2 is 1.41 bits per heavy atom. The average Bonchev–Trinajstić information content (AvgIpc) is 2.33. The molecule has 0 amide bonds. The Balaban J connectivity index is 3.20. The van der Waals surface area contributed by atoms with Gasteiger partial charge < -0.3 is 9.47 Å². The van der Waals surface area contributed by atoms with E-state index in [-0.39, 0.29) is 5.97 Å². The van der Waals surface area contributed by atoms with Gasteiger partial charge in [0.2, 0.25) is 5.79 Å². The number of rotatable bonds is 4. The number of carbonyl (C=O) groups is 1. The molecule has 1 fully saturated rings. The maximum absolute atomic E-state index is 12.3. The van der Waals surface area contributed by atoms with Crippen LogP contribution in [0.25, 0.3) is 0 Å². The van der Waals surface area contributed by atoms with E-state index in [0.717, 1.165) is 12.8 Å². The largest absolute Gasteiger partial charge is 0.433 e. The van der Waals surface area contributed by atoms with Gasteiger partial charge in [-0.25, -0.2) is 0 Å². The molecule has 0 radical (unpaired) electrons. The van der Waals surface area contributed by atoms with Crippen molar-refractivity contribution < 1.29 is 14.3 Å². The fourth-order valence-electron chi connectivity index (χ4n) is 2.80. The van der Waals surface area contributed by atoms with Crippen molar-refractivity contribution in [3.05, 3.63) is 0 Å². The zero-order chi connectivity index (χ0) is 13.3. The molecule has 17 heavy (non-hydrogen) atoms. The highest BCUT2D eigenvalue weighted by Gasteiger charge is 2.59. The first-order valence-electron chi connectivity index (χ1n) is 6.76. The van der Waals surface area contributed by atoms with E-state index in [4.69, 9.17) is 9.47 Å². The Hall–Kier alpha value is -0.570. The Kier molecular flexibility index (Phi) is 3.92. The van der Waals surface area contributed by atoms with Crippen molar-refractivity contribution in [3.63, 3.8) is 0 Å². The van der Waals surface area contributed by atoms with Crippen LogP contribution in [0.1, 0.15) is 67.2 Å². The highest BCUT2D eigenvalue weighted by Crippen LogP contribution is 2.49. The highest BCUT2D eigenvalue weighted by molar-refractivity contribution is 5.78. The fourth-order valence-corrected chi connectivity index (χ4v) is 2.80. The van der Waals surface area contributed by atoms with E-state index < -0.39 is 16.8 Å². The predicted molar refractivity (Wildman–Crippen MR) is 67.6 cm³/mol. The molecular weight excluding hydrogens is 216 g/mol. The number of cyclic esters (lactones) is 1. The number of esters is 1. The van der Waals surface area contributed by atoms with Crippen LogP contribution in [0.2, 0.25) is 0 Å². The minimum atomic E-state index is -0.724. The summed E-state index contributed by atoms with van der Waals surface area (Å²) in [6.07, 6.45) is 3.06. The van der Waals surface area contributed by atoms with Gasteiger partial charge in [0.25, 0.3) is 0 Å². The summed E-state index contributed by atoms with van der Waals surface area (Å²) in [5, 5.41) is 0. The Labute approximate surface area is 105 Å². The van der Waals surface area contributed by atoms with Crippen molar-refractivity contribution in [1.82, 2.24) is 0 Å². The quantitative estimate of drug-likeness (QED) is 0.706. The molecule has 0 unspecified atom stereocenters. The van der Waals surface area contributed by atoms with E-state index in [1.807, 2.05) is 27.7 Å². The molecule has 0 aromatic carbocycles. The summed E-state index contributed by atoms with van der Waals surface area (Å²) in [5.41, 5.74) is -0.987. The summed E-state index contributed by atoms with van der Waals surface area (Å²) in [5.74, 6) is -0.852. The smallest absolute Gasteiger partial charge is 0.316 e. The van der Waals surface area contributed by atoms with Gasteiger partial charge in [-0.1, -0.05) is 27.7 Å². The van der Waals surface area contributed by atoms with Crippen LogP contribution in [0.15, 0.2) is 0 Å². The van der Waals surface area contributed by atoms with E-state index in [1.54, 1.807) is 0 Å². The lowest BCUT2D eigenvalue weighted by Gasteiger charge is -2.54. The summed E-state index contributed by atoms with van der Waals surface area (Å²) in [6, 6.07) is 0. The number of ether oxygens (including phenoxy) is 2. The third-order valence-electron chi connectivity index (χ3n) is 4.53. The maximum atomic E-state index is 12.3. The van der Waals surface area contributed by atoms with E-state index in [9.17, 15) is 4.79 Å². The lowest BCUT2D eigenvalue weighted by molar-refractivity contribution is -0.339. The van der Waals surface area contributed by atoms with Crippen molar-refractivity contribution in [3.8, 4) is 0 Å². The van der Waals surface area contributed by atoms with E-state index >= 15 is 0 Å². The molecule has 1 saturated heterocycles. The van der Waals surface area contributed by atoms with Gasteiger partial charge in [-0.05, 0) is 26.7 Å². The van der Waals surface area contributed by atoms with Crippen LogP contribution in [-0.4, -0.2) is 17.4 Å². The molecule has 1 rings (SSSR count). The third kappa shape index (κ3) is 1.99. The minimum absolute atomic E-state index is 0.129. The highest BCUT2D eigenvalue weighted by atomic mass is 16.7. The number of hydrogen-bond acceptors (Lipinski definition) is 3. The SMILES string of the molecule is CCC1(CC)OC(=O)C(C)(C)C(CC)(CC)O1. The number of carbonyl (C=O) groups excluding carboxylic acids is 1. The van der Waals surface area contributed by atoms with Crippen LogP contribution in [0.5, 0.6) is 0 Å². The summed E-state index contributed by atoms with van der Waals surface area (Å²) in [7, 11) is 0. The van der Waals surface area contributed by atoms with Crippen molar-refractivity contribution >= 4 is 5.97 Å². The molecule has 1 aliphatic heterocycles. The second kappa shape index (κ2) is 4.60. The molecule has 0 aromatic rings. The molecule has 0 aromatic heterocycles. The molecule has 0 spiro atoms. The van der Waals surface area contributed by atoms with Gasteiger partial charge in [-0.3, -0.25) is 4.79 Å². The van der Waals surface area contributed by atoms with Gasteiger partial charge in [0, 0.05) is 12.8 Å². The van der Waals surface area contributed by atoms with Gasteiger partial charge in [0.1, 0.15) is 0 Å². The molecule has 0 atom stereocenters. The van der Waals surface area contributed by atoms with Crippen molar-refractivity contribution in [1.29, 1.82) is 0 Å². The molecule has 1 aliphatic rings. The van der Waals surface area contributed by atoms with E-state index in [2.05, 4.69) is 13.8 Å². The number of hydrogen-bond donors (Lipinski definition) is 0. The molecule has 3 heteroatoms. The zero-order valence-electron chi connectivity index (χ0n) is 12.1. The average molecular weight is 242 g/mol. The molecule has 0 aliphatic carbocycles. The summed E-state index contributed by atoms with van der Waals surface area (Å²) in [6.45, 7) is 12.0. The van der Waals surface area contributed by atoms with Gasteiger partial charge in [-0.15, -0.1) is 0 Å². The Morgan fingerprint density at radius 3 is 1.76 bits per heavy atom. The standard InChI is InChI=1S/C14H26O3/c1-7-13(8-2)12(5,6)11(15)16-14(9-3,10-4)17-13/h7-10H2,1-6H3. The van der Waals surface area contributed by atoms with Crippen LogP contribution in [0.3, 0.4) is 0 Å². The van der Waals surface area contributed by atoms with Gasteiger partial charge in [-0.2, -0.15) is 0 Å². The first-order chi connectivity index (χ1) is 7.83. The normalized spacial score (nSPS) is 25.4. The second-order valence-electron chi connectivity index (χ2n) is 5.44. The van der Waals surface area contributed by atoms with Crippen molar-refractivity contribution in [2.45, 2.75) is 78.6 Å². The van der Waals surface area contributed by atoms with Crippen LogP contribution in [0, 0.1) is 5.41 Å². The van der Waals surface area contributed by atoms with Crippen molar-refractivity contribution in [2.75, 3.05) is 0 Å². The molecule has 0 saturated carbocycles. The summed E-state index contributed by atoms with van der Waals surface area (Å²) >= 11 is 0. The monoisotopic (exact) mass is 242 g/mol. The molecule has 0 bridgehead atoms. The van der Waals surface area contributed by atoms with Crippen LogP contribution in [0.4, 0.5) is 0 Å². The van der Waals surface area contributed by atoms with Gasteiger partial charge >= 0.3 is 5.97 Å². The maximum Gasteiger partial charge on any atom is 0.316 e. The summed E-state index contributed by atoms with van der Waals surface area (Å²) < 4.78 is 11.9. The Morgan fingerprint density at radius 1 is 0.941 bits per heavy atom. The Bertz CT molecular complexity index is 286. The lowest BCUT2D eigenvalue weighted by Crippen LogP contribution is -2.63. The minimum Gasteiger partial charge on any atom is -0.433 e. The molecule has 3 nitrogen and oxygen atoms in total. The first-order valence-corrected chi connectivity index (χ1v) is 6.76. The van der Waals surface area contributed by atoms with E-state index in [0.29, 0.717) is 12.8 Å². The lowest BCUT2D eigenvalue weighted by atomic mass is 9.70. The van der Waals surface area contributed by atoms with Crippen LogP contribution in [-0.2, 0) is 14.3 Å². The van der Waals surface area contributed by atoms with Crippen molar-refractivity contribution in [2.24, 2.45) is 5.41 Å². The molecule has 100 valence electrons.